The Kier molecular flexibility index (Phi) is 3.54. The van der Waals surface area contributed by atoms with Crippen LogP contribution in [-0.2, 0) is 0 Å². The van der Waals surface area contributed by atoms with Crippen LogP contribution in [0.2, 0.25) is 0 Å². The number of carboxylic acid groups (broad SMARTS) is 2. The van der Waals surface area contributed by atoms with Crippen molar-refractivity contribution in [1.29, 1.82) is 0 Å². The third-order valence-electron chi connectivity index (χ3n) is 3.03. The molecule has 0 bridgehead atoms. The average Bonchev–Trinajstić information content (AvgIpc) is 2.63. The summed E-state index contributed by atoms with van der Waals surface area (Å²) in [6, 6.07) is 0. The fraction of sp³-hybridized carbons (Fsp3) is 0.889. The van der Waals surface area contributed by atoms with Crippen LogP contribution in [0.25, 0.3) is 0 Å². The maximum Gasteiger partial charge on any atom is 0.249 e. The minimum Gasteiger partial charge on any atom is -0.565 e. The molecular formula is C9H17NO3. The normalized spacial score (nSPS) is 24.0. The van der Waals surface area contributed by atoms with E-state index in [1.54, 1.807) is 0 Å². The molecule has 2 rings (SSSR count). The molecule has 2 aliphatic heterocycles. The van der Waals surface area contributed by atoms with Crippen LogP contribution in [0.15, 0.2) is 0 Å². The zero-order valence-corrected chi connectivity index (χ0v) is 7.87. The molecule has 0 radical (unpaired) electrons. The highest BCUT2D eigenvalue weighted by Gasteiger charge is 2.34. The molecule has 0 aromatic heterocycles. The lowest BCUT2D eigenvalue weighted by atomic mass is 10.4. The number of quaternary nitrogens is 1. The van der Waals surface area contributed by atoms with Crippen LogP contribution in [0.5, 0.6) is 0 Å². The number of hydrogen-bond donors (Lipinski definition) is 1. The highest BCUT2D eigenvalue weighted by atomic mass is 16.6. The van der Waals surface area contributed by atoms with Crippen LogP contribution < -0.4 is 5.11 Å². The van der Waals surface area contributed by atoms with Crippen molar-refractivity contribution >= 4 is 6.16 Å². The Balaban J connectivity index is 0.000000184. The van der Waals surface area contributed by atoms with Gasteiger partial charge in [-0.05, 0) is 0 Å². The van der Waals surface area contributed by atoms with E-state index >= 15 is 0 Å². The lowest BCUT2D eigenvalue weighted by Crippen LogP contribution is -2.41. The molecule has 2 aliphatic rings. The fourth-order valence-electron chi connectivity index (χ4n) is 2.46. The van der Waals surface area contributed by atoms with Crippen molar-refractivity contribution in [2.45, 2.75) is 25.7 Å². The van der Waals surface area contributed by atoms with E-state index in [0.717, 1.165) is 0 Å². The number of carbonyl (C=O) groups is 1. The fourth-order valence-corrected chi connectivity index (χ4v) is 2.46. The van der Waals surface area contributed by atoms with Gasteiger partial charge in [0.05, 0.1) is 26.2 Å². The zero-order valence-electron chi connectivity index (χ0n) is 7.87. The Morgan fingerprint density at radius 3 is 1.46 bits per heavy atom. The smallest absolute Gasteiger partial charge is 0.249 e. The molecule has 2 saturated heterocycles. The van der Waals surface area contributed by atoms with E-state index in [2.05, 4.69) is 0 Å². The second kappa shape index (κ2) is 4.46. The zero-order chi connectivity index (χ0) is 9.73. The Hall–Kier alpha value is -0.770. The first-order chi connectivity index (χ1) is 6.15. The molecule has 1 N–H and O–H groups in total. The third-order valence-corrected chi connectivity index (χ3v) is 3.03. The molecule has 4 nitrogen and oxygen atoms in total. The highest BCUT2D eigenvalue weighted by Crippen LogP contribution is 2.25. The summed E-state index contributed by atoms with van der Waals surface area (Å²) in [6.45, 7) is 6.00. The first-order valence-corrected chi connectivity index (χ1v) is 4.90. The van der Waals surface area contributed by atoms with Gasteiger partial charge in [-0.15, -0.1) is 0 Å². The van der Waals surface area contributed by atoms with Crippen molar-refractivity contribution in [3.8, 4) is 0 Å². The summed E-state index contributed by atoms with van der Waals surface area (Å²) in [7, 11) is 0. The van der Waals surface area contributed by atoms with Crippen LogP contribution in [0, 0.1) is 0 Å². The summed E-state index contributed by atoms with van der Waals surface area (Å²) in [5.74, 6) is 0. The average molecular weight is 187 g/mol. The quantitative estimate of drug-likeness (QED) is 0.554. The number of hydrogen-bond acceptors (Lipinski definition) is 2. The summed E-state index contributed by atoms with van der Waals surface area (Å²) >= 11 is 0. The van der Waals surface area contributed by atoms with Gasteiger partial charge in [-0.3, -0.25) is 0 Å². The standard InChI is InChI=1S/C8H16N.CH2O3/c1-2-6-9(5-1)7-3-4-8-9;2-1(3)4/h1-8H2;(H2,2,3,4)/q+1;/p-1. The van der Waals surface area contributed by atoms with Gasteiger partial charge >= 0.3 is 0 Å². The topological polar surface area (TPSA) is 60.4 Å². The first kappa shape index (κ1) is 10.3. The molecule has 0 aliphatic carbocycles. The maximum absolute atomic E-state index is 8.44. The van der Waals surface area contributed by atoms with Gasteiger partial charge in [0.15, 0.2) is 0 Å². The van der Waals surface area contributed by atoms with Gasteiger partial charge in [0.2, 0.25) is 6.16 Å². The molecule has 2 fully saturated rings. The van der Waals surface area contributed by atoms with Gasteiger partial charge in [0.1, 0.15) is 0 Å². The van der Waals surface area contributed by atoms with Crippen molar-refractivity contribution in [3.05, 3.63) is 0 Å². The monoisotopic (exact) mass is 187 g/mol. The third kappa shape index (κ3) is 3.22. The number of nitrogens with zero attached hydrogens (tertiary/aromatic N) is 1. The summed E-state index contributed by atoms with van der Waals surface area (Å²) in [6.07, 6.45) is 3.92. The molecule has 0 saturated carbocycles. The van der Waals surface area contributed by atoms with E-state index in [1.165, 1.54) is 56.3 Å². The Morgan fingerprint density at radius 2 is 1.23 bits per heavy atom. The minimum absolute atomic E-state index is 1.50. The van der Waals surface area contributed by atoms with Crippen LogP contribution >= 0.6 is 0 Å². The minimum atomic E-state index is -2.08. The largest absolute Gasteiger partial charge is 0.565 e. The molecule has 0 aromatic carbocycles. The Labute approximate surface area is 78.4 Å². The van der Waals surface area contributed by atoms with Crippen LogP contribution in [0.3, 0.4) is 0 Å². The van der Waals surface area contributed by atoms with Crippen molar-refractivity contribution < 1.29 is 19.5 Å². The van der Waals surface area contributed by atoms with E-state index in [1.807, 2.05) is 0 Å². The predicted molar refractivity (Wildman–Crippen MR) is 46.2 cm³/mol. The Morgan fingerprint density at radius 1 is 1.00 bits per heavy atom. The predicted octanol–water partition coefficient (Wildman–Crippen LogP) is 0.278. The van der Waals surface area contributed by atoms with E-state index < -0.39 is 6.16 Å². The number of rotatable bonds is 0. The lowest BCUT2D eigenvalue weighted by Gasteiger charge is -2.27. The van der Waals surface area contributed by atoms with Gasteiger partial charge in [-0.1, -0.05) is 0 Å². The molecule has 0 unspecified atom stereocenters. The van der Waals surface area contributed by atoms with Crippen molar-refractivity contribution in [3.63, 3.8) is 0 Å². The van der Waals surface area contributed by atoms with E-state index in [-0.39, 0.29) is 0 Å². The van der Waals surface area contributed by atoms with Crippen LogP contribution in [-0.4, -0.2) is 41.9 Å². The van der Waals surface area contributed by atoms with Crippen molar-refractivity contribution in [2.75, 3.05) is 26.2 Å². The molecule has 0 amide bonds. The Bertz CT molecular complexity index is 148. The molecule has 2 heterocycles. The van der Waals surface area contributed by atoms with Gasteiger partial charge in [-0.25, -0.2) is 0 Å². The highest BCUT2D eigenvalue weighted by molar-refractivity contribution is 5.50. The molecule has 0 atom stereocenters. The van der Waals surface area contributed by atoms with E-state index in [4.69, 9.17) is 15.0 Å². The van der Waals surface area contributed by atoms with Crippen LogP contribution in [0.4, 0.5) is 4.79 Å². The van der Waals surface area contributed by atoms with Crippen molar-refractivity contribution in [1.82, 2.24) is 0 Å². The second-order valence-electron chi connectivity index (χ2n) is 3.92. The first-order valence-electron chi connectivity index (χ1n) is 4.90. The van der Waals surface area contributed by atoms with Crippen molar-refractivity contribution in [2.24, 2.45) is 0 Å². The second-order valence-corrected chi connectivity index (χ2v) is 3.92. The van der Waals surface area contributed by atoms with Gasteiger partial charge < -0.3 is 19.5 Å². The van der Waals surface area contributed by atoms with Gasteiger partial charge in [0, 0.05) is 25.7 Å². The van der Waals surface area contributed by atoms with Gasteiger partial charge in [-0.2, -0.15) is 0 Å². The summed E-state index contributed by atoms with van der Waals surface area (Å²) < 4.78 is 1.50. The lowest BCUT2D eigenvalue weighted by molar-refractivity contribution is -0.904. The molecule has 4 heteroatoms. The summed E-state index contributed by atoms with van der Waals surface area (Å²) in [5.41, 5.74) is 0. The summed E-state index contributed by atoms with van der Waals surface area (Å²) in [4.78, 5) is 8.44. The maximum atomic E-state index is 8.44. The van der Waals surface area contributed by atoms with E-state index in [0.29, 0.717) is 0 Å². The SMILES string of the molecule is C1CC[N+]2(C1)CCCC2.O=C([O-])O. The molecule has 0 aromatic rings. The molecule has 76 valence electrons. The molecular weight excluding hydrogens is 170 g/mol. The van der Waals surface area contributed by atoms with Gasteiger partial charge in [0.25, 0.3) is 0 Å². The molecule has 1 spiro atoms. The van der Waals surface area contributed by atoms with E-state index in [9.17, 15) is 0 Å². The van der Waals surface area contributed by atoms with Crippen LogP contribution in [0.1, 0.15) is 25.7 Å². The molecule has 13 heavy (non-hydrogen) atoms. The summed E-state index contributed by atoms with van der Waals surface area (Å²) in [5, 5.41) is 15.3.